The summed E-state index contributed by atoms with van der Waals surface area (Å²) < 4.78 is 10.2. The highest BCUT2D eigenvalue weighted by Gasteiger charge is 2.12. The Morgan fingerprint density at radius 2 is 1.19 bits per heavy atom. The molecule has 0 aliphatic heterocycles. The fraction of sp³-hybridized carbons (Fsp3) is 0.730. The van der Waals surface area contributed by atoms with Gasteiger partial charge in [0.1, 0.15) is 19.3 Å². The maximum atomic E-state index is 11.9. The molecule has 0 aliphatic rings. The predicted octanol–water partition coefficient (Wildman–Crippen LogP) is 9.11. The van der Waals surface area contributed by atoms with E-state index >= 15 is 0 Å². The summed E-state index contributed by atoms with van der Waals surface area (Å²) in [6.07, 6.45) is 33.4. The maximum absolute atomic E-state index is 11.9. The van der Waals surface area contributed by atoms with Crippen LogP contribution in [0, 0.1) is 5.92 Å². The molecule has 0 amide bonds. The lowest BCUT2D eigenvalue weighted by molar-refractivity contribution is -0.152. The van der Waals surface area contributed by atoms with Crippen LogP contribution in [-0.2, 0) is 19.1 Å². The molecule has 2 atom stereocenters. The van der Waals surface area contributed by atoms with E-state index in [4.69, 9.17) is 9.47 Å². The molecule has 0 unspecified atom stereocenters. The van der Waals surface area contributed by atoms with Crippen LogP contribution in [0.3, 0.4) is 0 Å². The molecule has 0 bridgehead atoms. The monoisotopic (exact) mass is 604 g/mol. The Morgan fingerprint density at radius 3 is 1.81 bits per heavy atom. The second kappa shape index (κ2) is 31.3. The second-order valence-corrected chi connectivity index (χ2v) is 12.0. The third-order valence-corrected chi connectivity index (χ3v) is 7.10. The lowest BCUT2D eigenvalue weighted by atomic mass is 10.0. The molecule has 0 aromatic carbocycles. The molecule has 0 radical (unpaired) electrons. The van der Waals surface area contributed by atoms with Gasteiger partial charge in [-0.25, -0.2) is 0 Å². The van der Waals surface area contributed by atoms with E-state index in [2.05, 4.69) is 45.1 Å². The third-order valence-electron chi connectivity index (χ3n) is 7.10. The van der Waals surface area contributed by atoms with Crippen molar-refractivity contribution in [2.24, 2.45) is 5.92 Å². The Hall–Kier alpha value is -2.18. The molecule has 0 aliphatic carbocycles. The van der Waals surface area contributed by atoms with E-state index in [1.807, 2.05) is 18.2 Å². The third kappa shape index (κ3) is 32.6. The lowest BCUT2D eigenvalue weighted by Crippen LogP contribution is -2.25. The van der Waals surface area contributed by atoms with Gasteiger partial charge >= 0.3 is 11.9 Å². The number of carbonyl (C=O) groups excluding carboxylic acids is 2. The summed E-state index contributed by atoms with van der Waals surface area (Å²) in [6.45, 7) is 6.37. The van der Waals surface area contributed by atoms with Crippen molar-refractivity contribution in [1.82, 2.24) is 0 Å². The molecule has 0 fully saturated rings. The second-order valence-electron chi connectivity index (χ2n) is 12.0. The molecule has 0 spiro atoms. The lowest BCUT2D eigenvalue weighted by Gasteiger charge is -2.12. The first-order valence-electron chi connectivity index (χ1n) is 17.2. The summed E-state index contributed by atoms with van der Waals surface area (Å²) in [5.74, 6) is 0.0290. The zero-order valence-corrected chi connectivity index (χ0v) is 27.7. The highest BCUT2D eigenvalue weighted by Crippen LogP contribution is 2.13. The first-order valence-corrected chi connectivity index (χ1v) is 17.2. The molecule has 43 heavy (non-hydrogen) atoms. The highest BCUT2D eigenvalue weighted by atomic mass is 16.6. The van der Waals surface area contributed by atoms with Gasteiger partial charge in [0, 0.05) is 12.8 Å². The number of hydrogen-bond acceptors (Lipinski definition) is 6. The quantitative estimate of drug-likeness (QED) is 0.0383. The normalized spacial score (nSPS) is 13.6. The summed E-state index contributed by atoms with van der Waals surface area (Å²) in [5, 5.41) is 20.0. The Kier molecular flexibility index (Phi) is 29.7. The standard InChI is InChI=1S/C37H64O6/c1-4-5-6-7-8-9-10-11-12-13-17-20-23-27-34(38)28-25-30-37(41)43-32-35(39)31-42-36(40)29-24-21-18-15-14-16-19-22-26-33(2)3/h8-9,11-12,17,20,23,27,33-35,38-39H,4-7,10,13-16,18-19,21-22,24-26,28-32H2,1-3H3/b9-8-,12-11-,20-17-,27-23+/t34-,35+/m1/s1. The maximum Gasteiger partial charge on any atom is 0.305 e. The van der Waals surface area contributed by atoms with E-state index in [1.54, 1.807) is 6.08 Å². The number of carbonyl (C=O) groups is 2. The Bertz CT molecular complexity index is 767. The largest absolute Gasteiger partial charge is 0.463 e. The van der Waals surface area contributed by atoms with Crippen molar-refractivity contribution >= 4 is 11.9 Å². The van der Waals surface area contributed by atoms with Crippen molar-refractivity contribution in [3.8, 4) is 0 Å². The average molecular weight is 605 g/mol. The molecule has 0 saturated heterocycles. The summed E-state index contributed by atoms with van der Waals surface area (Å²) >= 11 is 0. The number of rotatable bonds is 29. The van der Waals surface area contributed by atoms with Gasteiger partial charge in [0.25, 0.3) is 0 Å². The SMILES string of the molecule is CCCCC/C=C\C/C=C\C/C=C\C=C\[C@@H](O)CCCC(=O)OC[C@@H](O)COC(=O)CCCCCCCCCCC(C)C. The van der Waals surface area contributed by atoms with Crippen molar-refractivity contribution in [2.75, 3.05) is 13.2 Å². The number of ether oxygens (including phenoxy) is 2. The van der Waals surface area contributed by atoms with Crippen LogP contribution >= 0.6 is 0 Å². The van der Waals surface area contributed by atoms with Crippen LogP contribution in [0.4, 0.5) is 0 Å². The van der Waals surface area contributed by atoms with Crippen LogP contribution < -0.4 is 0 Å². The van der Waals surface area contributed by atoms with E-state index in [9.17, 15) is 19.8 Å². The predicted molar refractivity (Wildman–Crippen MR) is 179 cm³/mol. The van der Waals surface area contributed by atoms with Gasteiger partial charge < -0.3 is 19.7 Å². The highest BCUT2D eigenvalue weighted by molar-refractivity contribution is 5.69. The topological polar surface area (TPSA) is 93.1 Å². The fourth-order valence-corrected chi connectivity index (χ4v) is 4.43. The van der Waals surface area contributed by atoms with Crippen molar-refractivity contribution in [3.05, 3.63) is 48.6 Å². The van der Waals surface area contributed by atoms with E-state index in [-0.39, 0.29) is 25.6 Å². The first-order chi connectivity index (χ1) is 20.8. The first kappa shape index (κ1) is 40.8. The van der Waals surface area contributed by atoms with Crippen LogP contribution in [0.1, 0.15) is 143 Å². The van der Waals surface area contributed by atoms with Gasteiger partial charge in [-0.1, -0.05) is 134 Å². The molecule has 0 aromatic heterocycles. The van der Waals surface area contributed by atoms with Crippen molar-refractivity contribution in [3.63, 3.8) is 0 Å². The number of esters is 2. The number of unbranched alkanes of at least 4 members (excludes halogenated alkanes) is 10. The minimum Gasteiger partial charge on any atom is -0.463 e. The molecule has 6 nitrogen and oxygen atoms in total. The number of allylic oxidation sites excluding steroid dienone is 7. The fourth-order valence-electron chi connectivity index (χ4n) is 4.43. The van der Waals surface area contributed by atoms with E-state index < -0.39 is 18.2 Å². The van der Waals surface area contributed by atoms with Crippen LogP contribution in [0.2, 0.25) is 0 Å². The molecule has 2 N–H and O–H groups in total. The van der Waals surface area contributed by atoms with Crippen molar-refractivity contribution in [2.45, 2.75) is 155 Å². The van der Waals surface area contributed by atoms with Crippen LogP contribution in [0.5, 0.6) is 0 Å². The number of aliphatic hydroxyl groups is 2. The number of aliphatic hydroxyl groups excluding tert-OH is 2. The average Bonchev–Trinajstić information content (AvgIpc) is 2.98. The Morgan fingerprint density at radius 1 is 0.628 bits per heavy atom. The van der Waals surface area contributed by atoms with Gasteiger partial charge in [0.15, 0.2) is 0 Å². The molecule has 0 heterocycles. The molecule has 6 heteroatoms. The molecule has 0 saturated carbocycles. The minimum atomic E-state index is -1.04. The van der Waals surface area contributed by atoms with Gasteiger partial charge in [-0.15, -0.1) is 0 Å². The Balaban J connectivity index is 3.70. The van der Waals surface area contributed by atoms with Crippen LogP contribution in [0.25, 0.3) is 0 Å². The van der Waals surface area contributed by atoms with Gasteiger partial charge in [-0.2, -0.15) is 0 Å². The summed E-state index contributed by atoms with van der Waals surface area (Å²) in [6, 6.07) is 0. The smallest absolute Gasteiger partial charge is 0.305 e. The van der Waals surface area contributed by atoms with Crippen LogP contribution in [-0.4, -0.2) is 47.6 Å². The van der Waals surface area contributed by atoms with Gasteiger partial charge in [-0.3, -0.25) is 9.59 Å². The van der Waals surface area contributed by atoms with E-state index in [0.717, 1.165) is 44.4 Å². The molecular formula is C37H64O6. The zero-order valence-electron chi connectivity index (χ0n) is 27.7. The molecule has 0 rings (SSSR count). The van der Waals surface area contributed by atoms with Gasteiger partial charge in [0.05, 0.1) is 6.10 Å². The molecule has 0 aromatic rings. The van der Waals surface area contributed by atoms with Gasteiger partial charge in [-0.05, 0) is 50.9 Å². The van der Waals surface area contributed by atoms with Gasteiger partial charge in [0.2, 0.25) is 0 Å². The summed E-state index contributed by atoms with van der Waals surface area (Å²) in [5.41, 5.74) is 0. The molecule has 248 valence electrons. The number of hydrogen-bond donors (Lipinski definition) is 2. The molecular weight excluding hydrogens is 540 g/mol. The summed E-state index contributed by atoms with van der Waals surface area (Å²) in [4.78, 5) is 23.8. The van der Waals surface area contributed by atoms with Crippen molar-refractivity contribution in [1.29, 1.82) is 0 Å². The van der Waals surface area contributed by atoms with Crippen molar-refractivity contribution < 1.29 is 29.3 Å². The van der Waals surface area contributed by atoms with E-state index in [0.29, 0.717) is 19.3 Å². The van der Waals surface area contributed by atoms with Crippen LogP contribution in [0.15, 0.2) is 48.6 Å². The van der Waals surface area contributed by atoms with E-state index in [1.165, 1.54) is 57.8 Å². The summed E-state index contributed by atoms with van der Waals surface area (Å²) in [7, 11) is 0. The zero-order chi connectivity index (χ0) is 31.8. The Labute approximate surface area is 263 Å². The minimum absolute atomic E-state index is 0.156.